The largest absolute Gasteiger partial charge is 0.506 e. The molecule has 0 aromatic heterocycles. The summed E-state index contributed by atoms with van der Waals surface area (Å²) in [5.41, 5.74) is 6.69. The predicted octanol–water partition coefficient (Wildman–Crippen LogP) is 5.08. The second-order valence-electron chi connectivity index (χ2n) is 4.86. The van der Waals surface area contributed by atoms with Gasteiger partial charge >= 0.3 is 5.97 Å². The van der Waals surface area contributed by atoms with Crippen molar-refractivity contribution in [3.8, 4) is 17.2 Å². The van der Waals surface area contributed by atoms with Gasteiger partial charge in [-0.25, -0.2) is 0 Å². The SMILES string of the molecule is N[C@@H](CC(=O)O)c1cc(I)c(Oc2cc(I)c(O)c(I)c2)c(I)c1. The lowest BCUT2D eigenvalue weighted by Gasteiger charge is -2.15. The first-order chi connectivity index (χ1) is 11.2. The first kappa shape index (κ1) is 20.7. The number of phenols is 1. The molecule has 0 unspecified atom stereocenters. The topological polar surface area (TPSA) is 92.8 Å². The van der Waals surface area contributed by atoms with Gasteiger partial charge in [-0.15, -0.1) is 0 Å². The Morgan fingerprint density at radius 2 is 1.54 bits per heavy atom. The molecule has 9 heteroatoms. The van der Waals surface area contributed by atoms with E-state index in [0.29, 0.717) is 18.6 Å². The zero-order valence-electron chi connectivity index (χ0n) is 11.9. The minimum absolute atomic E-state index is 0.124. The normalized spacial score (nSPS) is 12.0. The highest BCUT2D eigenvalue weighted by molar-refractivity contribution is 14.1. The summed E-state index contributed by atoms with van der Waals surface area (Å²) < 4.78 is 9.08. The maximum Gasteiger partial charge on any atom is 0.305 e. The van der Waals surface area contributed by atoms with Gasteiger partial charge < -0.3 is 20.7 Å². The first-order valence-corrected chi connectivity index (χ1v) is 10.8. The number of rotatable bonds is 5. The fraction of sp³-hybridized carbons (Fsp3) is 0.133. The van der Waals surface area contributed by atoms with Crippen LogP contribution in [0.5, 0.6) is 17.2 Å². The van der Waals surface area contributed by atoms with E-state index in [0.717, 1.165) is 12.7 Å². The summed E-state index contributed by atoms with van der Waals surface area (Å²) in [6.07, 6.45) is -0.124. The molecule has 0 fully saturated rings. The zero-order valence-corrected chi connectivity index (χ0v) is 20.5. The summed E-state index contributed by atoms with van der Waals surface area (Å²) in [5, 5.41) is 18.7. The zero-order chi connectivity index (χ0) is 18.0. The van der Waals surface area contributed by atoms with Gasteiger partial charge in [0, 0.05) is 6.04 Å². The third kappa shape index (κ3) is 5.20. The third-order valence-electron chi connectivity index (χ3n) is 3.05. The molecule has 0 saturated heterocycles. The molecular weight excluding hydrogens is 766 g/mol. The van der Waals surface area contributed by atoms with Crippen LogP contribution in [-0.2, 0) is 4.79 Å². The second kappa shape index (κ2) is 8.85. The average Bonchev–Trinajstić information content (AvgIpc) is 2.47. The van der Waals surface area contributed by atoms with Crippen LogP contribution < -0.4 is 10.5 Å². The van der Waals surface area contributed by atoms with Crippen molar-refractivity contribution >= 4 is 96.3 Å². The minimum atomic E-state index is -0.930. The number of hydrogen-bond acceptors (Lipinski definition) is 4. The molecule has 0 saturated carbocycles. The highest BCUT2D eigenvalue weighted by Crippen LogP contribution is 2.37. The van der Waals surface area contributed by atoms with Crippen molar-refractivity contribution in [3.63, 3.8) is 0 Å². The van der Waals surface area contributed by atoms with Crippen LogP contribution in [0.1, 0.15) is 18.0 Å². The van der Waals surface area contributed by atoms with Crippen molar-refractivity contribution in [2.24, 2.45) is 5.73 Å². The van der Waals surface area contributed by atoms with E-state index < -0.39 is 12.0 Å². The number of carboxylic acids is 1. The fourth-order valence-corrected chi connectivity index (χ4v) is 5.66. The molecule has 2 rings (SSSR count). The molecule has 0 aliphatic rings. The van der Waals surface area contributed by atoms with Gasteiger partial charge in [0.15, 0.2) is 5.75 Å². The van der Waals surface area contributed by atoms with E-state index in [4.69, 9.17) is 15.6 Å². The van der Waals surface area contributed by atoms with Gasteiger partial charge in [0.2, 0.25) is 0 Å². The number of benzene rings is 2. The van der Waals surface area contributed by atoms with Crippen molar-refractivity contribution in [3.05, 3.63) is 44.1 Å². The van der Waals surface area contributed by atoms with Gasteiger partial charge in [-0.1, -0.05) is 0 Å². The Morgan fingerprint density at radius 1 is 1.04 bits per heavy atom. The van der Waals surface area contributed by atoms with Gasteiger partial charge in [-0.2, -0.15) is 0 Å². The van der Waals surface area contributed by atoms with Crippen LogP contribution >= 0.6 is 90.4 Å². The number of phenolic OH excluding ortho intramolecular Hbond substituents is 1. The molecular formula is C15H11I4NO4. The van der Waals surface area contributed by atoms with Gasteiger partial charge in [0.1, 0.15) is 11.5 Å². The monoisotopic (exact) mass is 777 g/mol. The number of ether oxygens (including phenoxy) is 1. The summed E-state index contributed by atoms with van der Waals surface area (Å²) >= 11 is 8.39. The summed E-state index contributed by atoms with van der Waals surface area (Å²) in [7, 11) is 0. The maximum absolute atomic E-state index is 10.8. The van der Waals surface area contributed by atoms with Gasteiger partial charge in [-0.3, -0.25) is 4.79 Å². The fourth-order valence-electron chi connectivity index (χ4n) is 1.92. The number of halogens is 4. The highest BCUT2D eigenvalue weighted by Gasteiger charge is 2.17. The molecule has 1 atom stereocenters. The van der Waals surface area contributed by atoms with Crippen LogP contribution in [0, 0.1) is 14.3 Å². The van der Waals surface area contributed by atoms with Crippen LogP contribution in [0.25, 0.3) is 0 Å². The number of hydrogen-bond donors (Lipinski definition) is 3. The minimum Gasteiger partial charge on any atom is -0.506 e. The molecule has 4 N–H and O–H groups in total. The van der Waals surface area contributed by atoms with E-state index in [1.165, 1.54) is 0 Å². The van der Waals surface area contributed by atoms with Crippen LogP contribution in [0.4, 0.5) is 0 Å². The van der Waals surface area contributed by atoms with Crippen molar-refractivity contribution in [1.29, 1.82) is 0 Å². The lowest BCUT2D eigenvalue weighted by atomic mass is 10.0. The molecule has 0 aliphatic carbocycles. The molecule has 0 aliphatic heterocycles. The molecule has 0 bridgehead atoms. The number of carboxylic acid groups (broad SMARTS) is 1. The molecule has 0 heterocycles. The van der Waals surface area contributed by atoms with E-state index >= 15 is 0 Å². The van der Waals surface area contributed by atoms with Crippen LogP contribution in [0.2, 0.25) is 0 Å². The van der Waals surface area contributed by atoms with E-state index in [2.05, 4.69) is 90.4 Å². The number of carbonyl (C=O) groups is 1. The molecule has 2 aromatic rings. The van der Waals surface area contributed by atoms with Crippen molar-refractivity contribution < 1.29 is 19.7 Å². The lowest BCUT2D eigenvalue weighted by molar-refractivity contribution is -0.137. The van der Waals surface area contributed by atoms with Crippen LogP contribution in [0.3, 0.4) is 0 Å². The Hall–Kier alpha value is 0.390. The quantitative estimate of drug-likeness (QED) is 0.369. The predicted molar refractivity (Wildman–Crippen MR) is 125 cm³/mol. The number of aliphatic carboxylic acids is 1. The Balaban J connectivity index is 2.34. The average molecular weight is 777 g/mol. The third-order valence-corrected chi connectivity index (χ3v) is 6.30. The van der Waals surface area contributed by atoms with E-state index in [9.17, 15) is 9.90 Å². The molecule has 24 heavy (non-hydrogen) atoms. The Bertz CT molecular complexity index is 751. The lowest BCUT2D eigenvalue weighted by Crippen LogP contribution is -2.15. The van der Waals surface area contributed by atoms with Crippen LogP contribution in [-0.4, -0.2) is 16.2 Å². The second-order valence-corrected chi connectivity index (χ2v) is 9.50. The van der Waals surface area contributed by atoms with E-state index in [1.807, 2.05) is 12.1 Å². The van der Waals surface area contributed by atoms with Crippen molar-refractivity contribution in [1.82, 2.24) is 0 Å². The van der Waals surface area contributed by atoms with Crippen LogP contribution in [0.15, 0.2) is 24.3 Å². The smallest absolute Gasteiger partial charge is 0.305 e. The number of aromatic hydroxyl groups is 1. The Kier molecular flexibility index (Phi) is 7.64. The molecule has 0 amide bonds. The van der Waals surface area contributed by atoms with Gasteiger partial charge in [0.05, 0.1) is 20.7 Å². The Labute approximate surface area is 193 Å². The summed E-state index contributed by atoms with van der Waals surface area (Å²) in [6.45, 7) is 0. The van der Waals surface area contributed by atoms with Crippen molar-refractivity contribution in [2.75, 3.05) is 0 Å². The van der Waals surface area contributed by atoms with E-state index in [-0.39, 0.29) is 12.2 Å². The standard InChI is InChI=1S/C15H11I4NO4/c16-8-3-7(4-9(17)14(8)23)24-15-10(18)1-6(2-11(15)19)12(20)5-13(21)22/h1-4,12,23H,5,20H2,(H,21,22)/t12-/m0/s1. The highest BCUT2D eigenvalue weighted by atomic mass is 127. The summed E-state index contributed by atoms with van der Waals surface area (Å²) in [5.74, 6) is 0.615. The maximum atomic E-state index is 10.8. The summed E-state index contributed by atoms with van der Waals surface area (Å²) in [6, 6.07) is 6.63. The van der Waals surface area contributed by atoms with Gasteiger partial charge in [-0.05, 0) is 120 Å². The van der Waals surface area contributed by atoms with E-state index in [1.54, 1.807) is 12.1 Å². The van der Waals surface area contributed by atoms with Crippen molar-refractivity contribution in [2.45, 2.75) is 12.5 Å². The number of nitrogens with two attached hydrogens (primary N) is 1. The first-order valence-electron chi connectivity index (χ1n) is 6.51. The summed E-state index contributed by atoms with van der Waals surface area (Å²) in [4.78, 5) is 10.8. The van der Waals surface area contributed by atoms with Gasteiger partial charge in [0.25, 0.3) is 0 Å². The Morgan fingerprint density at radius 3 is 2.00 bits per heavy atom. The molecule has 2 aromatic carbocycles. The molecule has 0 radical (unpaired) electrons. The molecule has 0 spiro atoms. The molecule has 5 nitrogen and oxygen atoms in total. The molecule has 128 valence electrons.